The van der Waals surface area contributed by atoms with Crippen molar-refractivity contribution in [1.29, 1.82) is 0 Å². The van der Waals surface area contributed by atoms with E-state index in [-0.39, 0.29) is 6.04 Å². The van der Waals surface area contributed by atoms with Crippen molar-refractivity contribution in [3.05, 3.63) is 35.4 Å². The maximum atomic E-state index is 13.1. The summed E-state index contributed by atoms with van der Waals surface area (Å²) in [5, 5.41) is 0. The highest BCUT2D eigenvalue weighted by Crippen LogP contribution is 2.11. The Morgan fingerprint density at radius 1 is 1.43 bits per heavy atom. The summed E-state index contributed by atoms with van der Waals surface area (Å²) in [6, 6.07) is 3.22. The number of rotatable bonds is 4. The van der Waals surface area contributed by atoms with Gasteiger partial charge < -0.3 is 10.5 Å². The molecule has 2 nitrogen and oxygen atoms in total. The molecule has 0 radical (unpaired) electrons. The van der Waals surface area contributed by atoms with Gasteiger partial charge in [0.25, 0.3) is 0 Å². The summed E-state index contributed by atoms with van der Waals surface area (Å²) >= 11 is 0. The highest BCUT2D eigenvalue weighted by atomic mass is 19.1. The molecule has 0 amide bonds. The van der Waals surface area contributed by atoms with Crippen LogP contribution in [-0.4, -0.2) is 19.8 Å². The van der Waals surface area contributed by atoms with Crippen molar-refractivity contribution in [1.82, 2.24) is 0 Å². The third-order valence-electron chi connectivity index (χ3n) is 1.88. The summed E-state index contributed by atoms with van der Waals surface area (Å²) in [7, 11) is 1.53. The second-order valence-electron chi connectivity index (χ2n) is 3.16. The molecule has 1 aromatic rings. The molecule has 0 heterocycles. The molecule has 4 heteroatoms. The second-order valence-corrected chi connectivity index (χ2v) is 3.16. The zero-order valence-corrected chi connectivity index (χ0v) is 7.97. The zero-order chi connectivity index (χ0) is 10.6. The largest absolute Gasteiger partial charge is 0.383 e. The third kappa shape index (κ3) is 3.05. The van der Waals surface area contributed by atoms with Crippen LogP contribution in [0.2, 0.25) is 0 Å². The molecule has 0 aromatic heterocycles. The molecule has 0 spiro atoms. The van der Waals surface area contributed by atoms with Crippen LogP contribution >= 0.6 is 0 Å². The average molecular weight is 201 g/mol. The van der Waals surface area contributed by atoms with Gasteiger partial charge in [0.15, 0.2) is 0 Å². The Balaban J connectivity index is 2.67. The van der Waals surface area contributed by atoms with Crippen molar-refractivity contribution < 1.29 is 13.5 Å². The van der Waals surface area contributed by atoms with Crippen molar-refractivity contribution in [3.63, 3.8) is 0 Å². The zero-order valence-electron chi connectivity index (χ0n) is 7.97. The SMILES string of the molecule is COCC(N)Cc1ccc(F)cc1F. The predicted molar refractivity (Wildman–Crippen MR) is 49.9 cm³/mol. The molecule has 2 N–H and O–H groups in total. The minimum absolute atomic E-state index is 0.264. The van der Waals surface area contributed by atoms with E-state index < -0.39 is 11.6 Å². The summed E-state index contributed by atoms with van der Waals surface area (Å²) in [4.78, 5) is 0. The standard InChI is InChI=1S/C10H13F2NO/c1-14-6-9(13)4-7-2-3-8(11)5-10(7)12/h2-3,5,9H,4,6,13H2,1H3. The number of methoxy groups -OCH3 is 1. The summed E-state index contributed by atoms with van der Waals surface area (Å²) in [6.07, 6.45) is 0.347. The fraction of sp³-hybridized carbons (Fsp3) is 0.400. The normalized spacial score (nSPS) is 12.9. The van der Waals surface area contributed by atoms with E-state index in [0.29, 0.717) is 18.6 Å². The predicted octanol–water partition coefficient (Wildman–Crippen LogP) is 1.48. The number of hydrogen-bond acceptors (Lipinski definition) is 2. The maximum Gasteiger partial charge on any atom is 0.129 e. The molecule has 0 aliphatic carbocycles. The Morgan fingerprint density at radius 2 is 2.14 bits per heavy atom. The van der Waals surface area contributed by atoms with Crippen molar-refractivity contribution in [3.8, 4) is 0 Å². The average Bonchev–Trinajstić information content (AvgIpc) is 2.10. The van der Waals surface area contributed by atoms with Gasteiger partial charge in [-0.3, -0.25) is 0 Å². The highest BCUT2D eigenvalue weighted by molar-refractivity contribution is 5.19. The molecule has 78 valence electrons. The molecule has 0 saturated heterocycles. The molecular formula is C10H13F2NO. The molecule has 0 bridgehead atoms. The molecule has 0 fully saturated rings. The number of nitrogens with two attached hydrogens (primary N) is 1. The fourth-order valence-electron chi connectivity index (χ4n) is 1.24. The lowest BCUT2D eigenvalue weighted by Crippen LogP contribution is -2.28. The first-order valence-corrected chi connectivity index (χ1v) is 4.32. The molecule has 1 atom stereocenters. The highest BCUT2D eigenvalue weighted by Gasteiger charge is 2.08. The maximum absolute atomic E-state index is 13.1. The van der Waals surface area contributed by atoms with Crippen molar-refractivity contribution in [2.24, 2.45) is 5.73 Å². The summed E-state index contributed by atoms with van der Waals surface area (Å²) in [5.74, 6) is -1.14. The molecular weight excluding hydrogens is 188 g/mol. The van der Waals surface area contributed by atoms with Crippen LogP contribution in [0.3, 0.4) is 0 Å². The van der Waals surface area contributed by atoms with Crippen LogP contribution in [-0.2, 0) is 11.2 Å². The van der Waals surface area contributed by atoms with Crippen LogP contribution in [0.1, 0.15) is 5.56 Å². The first-order chi connectivity index (χ1) is 6.63. The van der Waals surface area contributed by atoms with Crippen LogP contribution in [0.15, 0.2) is 18.2 Å². The van der Waals surface area contributed by atoms with Gasteiger partial charge in [-0.05, 0) is 18.1 Å². The number of benzene rings is 1. The number of hydrogen-bond donors (Lipinski definition) is 1. The molecule has 1 unspecified atom stereocenters. The van der Waals surface area contributed by atoms with Crippen molar-refractivity contribution in [2.45, 2.75) is 12.5 Å². The second kappa shape index (κ2) is 5.02. The van der Waals surface area contributed by atoms with Crippen LogP contribution in [0.25, 0.3) is 0 Å². The molecule has 1 aromatic carbocycles. The van der Waals surface area contributed by atoms with Gasteiger partial charge in [-0.2, -0.15) is 0 Å². The van der Waals surface area contributed by atoms with E-state index in [0.717, 1.165) is 6.07 Å². The first kappa shape index (κ1) is 11.1. The lowest BCUT2D eigenvalue weighted by Gasteiger charge is -2.10. The fourth-order valence-corrected chi connectivity index (χ4v) is 1.24. The first-order valence-electron chi connectivity index (χ1n) is 4.32. The Kier molecular flexibility index (Phi) is 3.98. The Labute approximate surface area is 81.7 Å². The van der Waals surface area contributed by atoms with E-state index >= 15 is 0 Å². The molecule has 14 heavy (non-hydrogen) atoms. The molecule has 1 rings (SSSR count). The minimum atomic E-state index is -0.577. The van der Waals surface area contributed by atoms with Crippen LogP contribution < -0.4 is 5.73 Å². The van der Waals surface area contributed by atoms with E-state index in [1.54, 1.807) is 0 Å². The quantitative estimate of drug-likeness (QED) is 0.800. The van der Waals surface area contributed by atoms with Gasteiger partial charge in [-0.25, -0.2) is 8.78 Å². The Hall–Kier alpha value is -1.00. The van der Waals surface area contributed by atoms with Crippen LogP contribution in [0, 0.1) is 11.6 Å². The van der Waals surface area contributed by atoms with Gasteiger partial charge in [-0.1, -0.05) is 6.07 Å². The summed E-state index contributed by atoms with van der Waals surface area (Å²) in [6.45, 7) is 0.358. The summed E-state index contributed by atoms with van der Waals surface area (Å²) < 4.78 is 30.5. The number of halogens is 2. The van der Waals surface area contributed by atoms with Gasteiger partial charge in [0, 0.05) is 19.2 Å². The molecule has 0 aliphatic heterocycles. The van der Waals surface area contributed by atoms with Gasteiger partial charge >= 0.3 is 0 Å². The number of ether oxygens (including phenoxy) is 1. The summed E-state index contributed by atoms with van der Waals surface area (Å²) in [5.41, 5.74) is 6.05. The topological polar surface area (TPSA) is 35.2 Å². The van der Waals surface area contributed by atoms with E-state index in [1.165, 1.54) is 19.2 Å². The molecule has 0 saturated carbocycles. The van der Waals surface area contributed by atoms with E-state index in [4.69, 9.17) is 10.5 Å². The van der Waals surface area contributed by atoms with Gasteiger partial charge in [-0.15, -0.1) is 0 Å². The lowest BCUT2D eigenvalue weighted by atomic mass is 10.1. The van der Waals surface area contributed by atoms with E-state index in [2.05, 4.69) is 0 Å². The van der Waals surface area contributed by atoms with Crippen LogP contribution in [0.4, 0.5) is 8.78 Å². The Bertz CT molecular complexity index is 304. The van der Waals surface area contributed by atoms with Crippen LogP contribution in [0.5, 0.6) is 0 Å². The molecule has 0 aliphatic rings. The van der Waals surface area contributed by atoms with Gasteiger partial charge in [0.1, 0.15) is 11.6 Å². The third-order valence-corrected chi connectivity index (χ3v) is 1.88. The van der Waals surface area contributed by atoms with Gasteiger partial charge in [0.05, 0.1) is 6.61 Å². The lowest BCUT2D eigenvalue weighted by molar-refractivity contribution is 0.179. The Morgan fingerprint density at radius 3 is 2.71 bits per heavy atom. The minimum Gasteiger partial charge on any atom is -0.383 e. The van der Waals surface area contributed by atoms with Crippen molar-refractivity contribution >= 4 is 0 Å². The van der Waals surface area contributed by atoms with E-state index in [9.17, 15) is 8.78 Å². The monoisotopic (exact) mass is 201 g/mol. The van der Waals surface area contributed by atoms with Crippen molar-refractivity contribution in [2.75, 3.05) is 13.7 Å². The van der Waals surface area contributed by atoms with Gasteiger partial charge in [0.2, 0.25) is 0 Å². The van der Waals surface area contributed by atoms with E-state index in [1.807, 2.05) is 0 Å². The smallest absolute Gasteiger partial charge is 0.129 e.